The summed E-state index contributed by atoms with van der Waals surface area (Å²) in [6, 6.07) is 9.94. The van der Waals surface area contributed by atoms with Crippen molar-refractivity contribution in [3.63, 3.8) is 0 Å². The van der Waals surface area contributed by atoms with Crippen LogP contribution in [-0.4, -0.2) is 20.0 Å². The van der Waals surface area contributed by atoms with Crippen molar-refractivity contribution >= 4 is 9.84 Å². The first-order valence-corrected chi connectivity index (χ1v) is 7.44. The van der Waals surface area contributed by atoms with Gasteiger partial charge in [-0.2, -0.15) is 0 Å². The molecule has 0 radical (unpaired) electrons. The molecule has 100 valence electrons. The number of rotatable bonds is 4. The van der Waals surface area contributed by atoms with Crippen LogP contribution in [0.4, 0.5) is 0 Å². The van der Waals surface area contributed by atoms with Crippen LogP contribution in [0.3, 0.4) is 0 Å². The zero-order chi connectivity index (χ0) is 13.9. The zero-order valence-electron chi connectivity index (χ0n) is 10.8. The van der Waals surface area contributed by atoms with Gasteiger partial charge < -0.3 is 4.74 Å². The van der Waals surface area contributed by atoms with Crippen molar-refractivity contribution in [1.82, 2.24) is 4.98 Å². The second-order valence-corrected chi connectivity index (χ2v) is 5.85. The van der Waals surface area contributed by atoms with Crippen LogP contribution in [0.25, 0.3) is 0 Å². The highest BCUT2D eigenvalue weighted by Crippen LogP contribution is 2.27. The van der Waals surface area contributed by atoms with Gasteiger partial charge in [0, 0.05) is 11.8 Å². The molecule has 19 heavy (non-hydrogen) atoms. The van der Waals surface area contributed by atoms with Crippen LogP contribution >= 0.6 is 0 Å². The monoisotopic (exact) mass is 277 g/mol. The molecule has 0 atom stereocenters. The Hall–Kier alpha value is -1.88. The van der Waals surface area contributed by atoms with Gasteiger partial charge in [0.1, 0.15) is 5.75 Å². The standard InChI is InChI=1S/C14H15NO3S/c1-3-18-13-9-10-15-14(11(13)2)19(16,17)12-7-5-4-6-8-12/h4-10H,3H2,1-2H3. The minimum absolute atomic E-state index is 0.0460. The molecular formula is C14H15NO3S. The summed E-state index contributed by atoms with van der Waals surface area (Å²) in [7, 11) is -3.60. The van der Waals surface area contributed by atoms with E-state index in [9.17, 15) is 8.42 Å². The number of aromatic nitrogens is 1. The molecule has 0 spiro atoms. The van der Waals surface area contributed by atoms with Crippen LogP contribution in [0.15, 0.2) is 52.5 Å². The summed E-state index contributed by atoms with van der Waals surface area (Å²) in [5.41, 5.74) is 0.535. The van der Waals surface area contributed by atoms with E-state index in [4.69, 9.17) is 4.74 Å². The molecule has 0 N–H and O–H groups in total. The van der Waals surface area contributed by atoms with Crippen LogP contribution in [0.1, 0.15) is 12.5 Å². The van der Waals surface area contributed by atoms with Crippen LogP contribution in [0, 0.1) is 6.92 Å². The molecule has 5 heteroatoms. The van der Waals surface area contributed by atoms with Crippen LogP contribution in [-0.2, 0) is 9.84 Å². The maximum atomic E-state index is 12.5. The Kier molecular flexibility index (Phi) is 3.85. The fraction of sp³-hybridized carbons (Fsp3) is 0.214. The molecule has 0 bridgehead atoms. The summed E-state index contributed by atoms with van der Waals surface area (Å²) < 4.78 is 30.4. The normalized spacial score (nSPS) is 11.3. The van der Waals surface area contributed by atoms with E-state index in [2.05, 4.69) is 4.98 Å². The maximum Gasteiger partial charge on any atom is 0.224 e. The van der Waals surface area contributed by atoms with Crippen molar-refractivity contribution in [3.8, 4) is 5.75 Å². The molecule has 0 aliphatic carbocycles. The molecule has 0 saturated carbocycles. The van der Waals surface area contributed by atoms with Gasteiger partial charge in [0.25, 0.3) is 0 Å². The maximum absolute atomic E-state index is 12.5. The number of hydrogen-bond donors (Lipinski definition) is 0. The third kappa shape index (κ3) is 2.61. The van der Waals surface area contributed by atoms with Gasteiger partial charge in [-0.15, -0.1) is 0 Å². The smallest absolute Gasteiger partial charge is 0.224 e. The Morgan fingerprint density at radius 3 is 2.47 bits per heavy atom. The van der Waals surface area contributed by atoms with Crippen molar-refractivity contribution in [2.24, 2.45) is 0 Å². The Balaban J connectivity index is 2.56. The van der Waals surface area contributed by atoms with E-state index in [1.54, 1.807) is 43.3 Å². The molecule has 0 aliphatic rings. The Morgan fingerprint density at radius 1 is 1.16 bits per heavy atom. The van der Waals surface area contributed by atoms with Gasteiger partial charge >= 0.3 is 0 Å². The van der Waals surface area contributed by atoms with Gasteiger partial charge in [-0.25, -0.2) is 13.4 Å². The van der Waals surface area contributed by atoms with E-state index in [1.807, 2.05) is 6.92 Å². The van der Waals surface area contributed by atoms with Gasteiger partial charge in [0.2, 0.25) is 9.84 Å². The second kappa shape index (κ2) is 5.40. The average Bonchev–Trinajstić information content (AvgIpc) is 2.42. The topological polar surface area (TPSA) is 56.3 Å². The van der Waals surface area contributed by atoms with Crippen molar-refractivity contribution in [2.45, 2.75) is 23.8 Å². The van der Waals surface area contributed by atoms with Crippen molar-refractivity contribution in [3.05, 3.63) is 48.2 Å². The minimum atomic E-state index is -3.60. The molecule has 2 aromatic rings. The summed E-state index contributed by atoms with van der Waals surface area (Å²) in [5.74, 6) is 0.548. The molecule has 1 aromatic carbocycles. The van der Waals surface area contributed by atoms with Gasteiger partial charge in [-0.1, -0.05) is 18.2 Å². The predicted octanol–water partition coefficient (Wildman–Crippen LogP) is 2.62. The third-order valence-electron chi connectivity index (χ3n) is 2.72. The highest BCUT2D eigenvalue weighted by molar-refractivity contribution is 7.91. The summed E-state index contributed by atoms with van der Waals surface area (Å²) >= 11 is 0. The molecule has 4 nitrogen and oxygen atoms in total. The number of pyridine rings is 1. The molecule has 0 fully saturated rings. The van der Waals surface area contributed by atoms with E-state index in [-0.39, 0.29) is 9.92 Å². The Morgan fingerprint density at radius 2 is 1.84 bits per heavy atom. The Labute approximate surface area is 113 Å². The molecule has 0 unspecified atom stereocenters. The molecule has 0 saturated heterocycles. The SMILES string of the molecule is CCOc1ccnc(S(=O)(=O)c2ccccc2)c1C. The van der Waals surface area contributed by atoms with E-state index in [0.717, 1.165) is 0 Å². The van der Waals surface area contributed by atoms with E-state index < -0.39 is 9.84 Å². The van der Waals surface area contributed by atoms with Gasteiger partial charge in [-0.05, 0) is 32.0 Å². The molecule has 1 aromatic heterocycles. The lowest BCUT2D eigenvalue weighted by molar-refractivity contribution is 0.336. The van der Waals surface area contributed by atoms with E-state index >= 15 is 0 Å². The first-order valence-electron chi connectivity index (χ1n) is 5.96. The number of sulfone groups is 1. The summed E-state index contributed by atoms with van der Waals surface area (Å²) in [4.78, 5) is 4.24. The average molecular weight is 277 g/mol. The molecule has 0 aliphatic heterocycles. The minimum Gasteiger partial charge on any atom is -0.493 e. The number of hydrogen-bond acceptors (Lipinski definition) is 4. The van der Waals surface area contributed by atoms with Gasteiger partial charge in [0.05, 0.1) is 11.5 Å². The first-order chi connectivity index (χ1) is 9.07. The lowest BCUT2D eigenvalue weighted by Crippen LogP contribution is -2.08. The second-order valence-electron chi connectivity index (χ2n) is 3.99. The van der Waals surface area contributed by atoms with E-state index in [1.165, 1.54) is 6.20 Å². The highest BCUT2D eigenvalue weighted by atomic mass is 32.2. The molecule has 0 amide bonds. The molecule has 1 heterocycles. The number of ether oxygens (including phenoxy) is 1. The third-order valence-corrected chi connectivity index (χ3v) is 4.53. The zero-order valence-corrected chi connectivity index (χ0v) is 11.6. The Bertz CT molecular complexity index is 666. The number of nitrogens with zero attached hydrogens (tertiary/aromatic N) is 1. The van der Waals surface area contributed by atoms with Crippen molar-refractivity contribution < 1.29 is 13.2 Å². The largest absolute Gasteiger partial charge is 0.493 e. The lowest BCUT2D eigenvalue weighted by Gasteiger charge is -2.11. The summed E-state index contributed by atoms with van der Waals surface area (Å²) in [6.07, 6.45) is 1.45. The highest BCUT2D eigenvalue weighted by Gasteiger charge is 2.22. The number of benzene rings is 1. The quantitative estimate of drug-likeness (QED) is 0.862. The summed E-state index contributed by atoms with van der Waals surface area (Å²) in [5, 5.41) is 0.0460. The van der Waals surface area contributed by atoms with Gasteiger partial charge in [-0.3, -0.25) is 0 Å². The van der Waals surface area contributed by atoms with Crippen LogP contribution < -0.4 is 4.74 Å². The van der Waals surface area contributed by atoms with Crippen LogP contribution in [0.2, 0.25) is 0 Å². The van der Waals surface area contributed by atoms with E-state index in [0.29, 0.717) is 17.9 Å². The lowest BCUT2D eigenvalue weighted by atomic mass is 10.3. The van der Waals surface area contributed by atoms with Gasteiger partial charge in [0.15, 0.2) is 5.03 Å². The van der Waals surface area contributed by atoms with Crippen molar-refractivity contribution in [1.29, 1.82) is 0 Å². The van der Waals surface area contributed by atoms with Crippen LogP contribution in [0.5, 0.6) is 5.75 Å². The summed E-state index contributed by atoms with van der Waals surface area (Å²) in [6.45, 7) is 4.04. The fourth-order valence-electron chi connectivity index (χ4n) is 1.79. The first kappa shape index (κ1) is 13.5. The molecular weight excluding hydrogens is 262 g/mol. The van der Waals surface area contributed by atoms with Crippen molar-refractivity contribution in [2.75, 3.05) is 6.61 Å². The predicted molar refractivity (Wildman–Crippen MR) is 72.0 cm³/mol. The fourth-order valence-corrected chi connectivity index (χ4v) is 3.24. The molecule has 2 rings (SSSR count).